The van der Waals surface area contributed by atoms with E-state index >= 15 is 0 Å². The fraction of sp³-hybridized carbons (Fsp3) is 0. The lowest BCUT2D eigenvalue weighted by Gasteiger charge is -2.39. The molecule has 0 aliphatic carbocycles. The highest BCUT2D eigenvalue weighted by Gasteiger charge is 2.67. The van der Waals surface area contributed by atoms with E-state index in [2.05, 4.69) is 40.1 Å². The first-order valence-electron chi connectivity index (χ1n) is 5.10. The van der Waals surface area contributed by atoms with Crippen LogP contribution in [0.25, 0.3) is 32.4 Å². The Morgan fingerprint density at radius 2 is 1.48 bits per heavy atom. The van der Waals surface area contributed by atoms with Gasteiger partial charge in [0.05, 0.1) is 0 Å². The summed E-state index contributed by atoms with van der Waals surface area (Å²) in [4.78, 5) is 14.8. The van der Waals surface area contributed by atoms with Crippen molar-refractivity contribution in [1.82, 2.24) is 24.1 Å². The van der Waals surface area contributed by atoms with Gasteiger partial charge in [-0.25, -0.2) is 15.0 Å². The highest BCUT2D eigenvalue weighted by molar-refractivity contribution is 8.44. The Morgan fingerprint density at radius 3 is 1.87 bits per heavy atom. The minimum Gasteiger partial charge on any atom is -0.205 e. The molecule has 0 aliphatic heterocycles. The molecule has 23 heavy (non-hydrogen) atoms. The number of hydrogen-bond acceptors (Lipinski definition) is 6. The van der Waals surface area contributed by atoms with Gasteiger partial charge in [-0.05, 0) is 27.4 Å². The van der Waals surface area contributed by atoms with Crippen LogP contribution in [-0.4, -0.2) is 24.1 Å². The Morgan fingerprint density at radius 1 is 0.957 bits per heavy atom. The molecule has 0 atom stereocenters. The molecule has 122 valence electrons. The molecule has 2 aromatic rings. The molecule has 0 bridgehead atoms. The molecule has 11 nitrogen and oxygen atoms in total. The third-order valence-corrected chi connectivity index (χ3v) is 2.94. The maximum Gasteiger partial charge on any atom is 0.382 e. The first-order valence-corrected chi connectivity index (χ1v) is 7.00. The predicted octanol–water partition coefficient (Wildman–Crippen LogP) is 4.68. The third-order valence-electron chi connectivity index (χ3n) is 2.03. The predicted molar refractivity (Wildman–Crippen MR) is 67.2 cm³/mol. The van der Waals surface area contributed by atoms with Gasteiger partial charge in [-0.2, -0.15) is 5.10 Å². The van der Waals surface area contributed by atoms with Crippen molar-refractivity contribution < 1.29 is 19.4 Å². The number of nitrogens with zero attached hydrogens (tertiary/aromatic N) is 11. The van der Waals surface area contributed by atoms with Crippen LogP contribution in [0.5, 0.6) is 0 Å². The second-order valence-corrected chi connectivity index (χ2v) is 5.90. The number of aromatic nitrogens is 5. The van der Waals surface area contributed by atoms with E-state index in [1.807, 2.05) is 0 Å². The van der Waals surface area contributed by atoms with E-state index in [4.69, 9.17) is 11.1 Å². The highest BCUT2D eigenvalue weighted by Crippen LogP contribution is 2.97. The fourth-order valence-electron chi connectivity index (χ4n) is 1.26. The van der Waals surface area contributed by atoms with Gasteiger partial charge in [0, 0.05) is 16.0 Å². The van der Waals surface area contributed by atoms with E-state index < -0.39 is 37.9 Å². The van der Waals surface area contributed by atoms with Crippen LogP contribution < -0.4 is 0 Å². The average Bonchev–Trinajstić information content (AvgIpc) is 2.87. The van der Waals surface area contributed by atoms with Crippen LogP contribution in [0.15, 0.2) is 22.5 Å². The van der Waals surface area contributed by atoms with E-state index in [0.29, 0.717) is 6.07 Å². The Hall–Kier alpha value is -3.16. The van der Waals surface area contributed by atoms with Gasteiger partial charge >= 0.3 is 10.4 Å². The first kappa shape index (κ1) is 16.2. The van der Waals surface area contributed by atoms with Gasteiger partial charge in [0.25, 0.3) is 0 Å². The topological polar surface area (TPSA) is 154 Å². The second kappa shape index (κ2) is 4.42. The molecule has 0 aliphatic rings. The van der Waals surface area contributed by atoms with Crippen molar-refractivity contribution in [3.63, 3.8) is 0 Å². The van der Waals surface area contributed by atoms with E-state index in [1.165, 1.54) is 0 Å². The Balaban J connectivity index is 2.62. The molecule has 0 N–H and O–H groups in total. The van der Waals surface area contributed by atoms with Crippen molar-refractivity contribution in [1.29, 1.82) is 0 Å². The lowest BCUT2D eigenvalue weighted by atomic mass is 10.4. The van der Waals surface area contributed by atoms with Crippen LogP contribution >= 0.6 is 10.4 Å². The van der Waals surface area contributed by atoms with Crippen LogP contribution in [0.2, 0.25) is 0 Å². The summed E-state index contributed by atoms with van der Waals surface area (Å²) >= 11 is 0. The largest absolute Gasteiger partial charge is 0.382 e. The Bertz CT molecular complexity index is 838. The zero-order valence-electron chi connectivity index (χ0n) is 10.4. The Kier molecular flexibility index (Phi) is 3.11. The lowest BCUT2D eigenvalue weighted by Crippen LogP contribution is -2.17. The maximum atomic E-state index is 12.6. The van der Waals surface area contributed by atoms with Crippen molar-refractivity contribution in [3.05, 3.63) is 33.1 Å². The normalized spacial score (nSPS) is 14.1. The molecule has 0 saturated heterocycles. The highest BCUT2D eigenvalue weighted by atomic mass is 32.5. The molecule has 0 fully saturated rings. The van der Waals surface area contributed by atoms with Crippen molar-refractivity contribution in [2.24, 2.45) is 10.2 Å². The van der Waals surface area contributed by atoms with Gasteiger partial charge in [0.2, 0.25) is 11.9 Å². The van der Waals surface area contributed by atoms with E-state index in [0.717, 1.165) is 0 Å². The van der Waals surface area contributed by atoms with Crippen molar-refractivity contribution >= 4 is 22.3 Å². The molecular weight excluding hydrogens is 353 g/mol. The fourth-order valence-corrected chi connectivity index (χ4v) is 1.79. The summed E-state index contributed by atoms with van der Waals surface area (Å²) in [6, 6.07) is 0.549. The average molecular weight is 355 g/mol. The first-order chi connectivity index (χ1) is 10.4. The molecule has 2 aromatic heterocycles. The molecule has 17 heteroatoms. The van der Waals surface area contributed by atoms with Crippen molar-refractivity contribution in [3.8, 4) is 11.5 Å². The summed E-state index contributed by atoms with van der Waals surface area (Å²) < 4.78 is 61.5. The standard InChI is InChI=1S/C6H2F5N11S/c7-23(8,9,10,11)22-2-1-3(19-22)4-14-5(17-20-12)16-6(15-4)18-21-13/h1-2H. The van der Waals surface area contributed by atoms with Gasteiger partial charge in [-0.15, -0.1) is 4.09 Å². The van der Waals surface area contributed by atoms with Crippen LogP contribution in [0.1, 0.15) is 0 Å². The maximum absolute atomic E-state index is 12.6. The second-order valence-electron chi connectivity index (χ2n) is 3.67. The minimum atomic E-state index is -10.0. The van der Waals surface area contributed by atoms with Gasteiger partial charge in [0.1, 0.15) is 5.69 Å². The molecular formula is C6H2F5N11S. The SMILES string of the molecule is [N-]=[N+]=Nc1nc(N=[N+]=[N-])nc(-c2ccn(S(F)(F)(F)(F)F)n2)n1. The summed E-state index contributed by atoms with van der Waals surface area (Å²) in [5.41, 5.74) is 15.8. The summed E-state index contributed by atoms with van der Waals surface area (Å²) in [5, 5.41) is 8.58. The smallest absolute Gasteiger partial charge is 0.205 e. The van der Waals surface area contributed by atoms with Crippen LogP contribution in [-0.2, 0) is 0 Å². The lowest BCUT2D eigenvalue weighted by molar-refractivity contribution is 0.337. The van der Waals surface area contributed by atoms with Crippen LogP contribution in [0.4, 0.5) is 31.3 Å². The van der Waals surface area contributed by atoms with Gasteiger partial charge in [-0.3, -0.25) is 0 Å². The monoisotopic (exact) mass is 355 g/mol. The van der Waals surface area contributed by atoms with E-state index in [1.54, 1.807) is 0 Å². The molecule has 2 rings (SSSR count). The van der Waals surface area contributed by atoms with E-state index in [-0.39, 0.29) is 6.20 Å². The molecule has 0 unspecified atom stereocenters. The van der Waals surface area contributed by atoms with E-state index in [9.17, 15) is 19.4 Å². The molecule has 0 amide bonds. The van der Waals surface area contributed by atoms with Gasteiger partial charge < -0.3 is 0 Å². The van der Waals surface area contributed by atoms with Crippen molar-refractivity contribution in [2.75, 3.05) is 0 Å². The molecule has 0 saturated carbocycles. The zero-order valence-corrected chi connectivity index (χ0v) is 11.2. The number of azide groups is 2. The third kappa shape index (κ3) is 3.73. The molecule has 0 spiro atoms. The Labute approximate surface area is 121 Å². The molecule has 0 radical (unpaired) electrons. The van der Waals surface area contributed by atoms with Crippen LogP contribution in [0.3, 0.4) is 0 Å². The minimum absolute atomic E-state index is 0.0266. The number of halogens is 5. The van der Waals surface area contributed by atoms with Crippen molar-refractivity contribution in [2.45, 2.75) is 0 Å². The van der Waals surface area contributed by atoms with Gasteiger partial charge in [-0.1, -0.05) is 19.4 Å². The summed E-state index contributed by atoms with van der Waals surface area (Å²) in [7, 11) is -10.0. The van der Waals surface area contributed by atoms with Crippen LogP contribution in [0, 0.1) is 0 Å². The summed E-state index contributed by atoms with van der Waals surface area (Å²) in [6.07, 6.45) is -0.0266. The summed E-state index contributed by atoms with van der Waals surface area (Å²) in [5.74, 6) is -1.96. The molecule has 0 aromatic carbocycles. The number of rotatable bonds is 4. The molecule has 2 heterocycles. The zero-order chi connectivity index (χ0) is 17.4. The summed E-state index contributed by atoms with van der Waals surface area (Å²) in [6.45, 7) is 0. The number of hydrogen-bond donors (Lipinski definition) is 0. The quantitative estimate of drug-likeness (QED) is 0.338. The van der Waals surface area contributed by atoms with Gasteiger partial charge in [0.15, 0.2) is 5.82 Å².